The van der Waals surface area contributed by atoms with Crippen LogP contribution in [0.5, 0.6) is 0 Å². The number of likely N-dealkylation sites (tertiary alicyclic amines) is 1. The maximum atomic E-state index is 12.5. The second kappa shape index (κ2) is 6.77. The summed E-state index contributed by atoms with van der Waals surface area (Å²) >= 11 is 1.86. The molecule has 1 aliphatic heterocycles. The Hall–Kier alpha value is -2.18. The normalized spacial score (nSPS) is 23.1. The van der Waals surface area contributed by atoms with E-state index in [0.29, 0.717) is 17.5 Å². The molecule has 1 N–H and O–H groups in total. The van der Waals surface area contributed by atoms with Gasteiger partial charge in [-0.05, 0) is 36.3 Å². The van der Waals surface area contributed by atoms with E-state index >= 15 is 0 Å². The smallest absolute Gasteiger partial charge is 0.273 e. The van der Waals surface area contributed by atoms with Gasteiger partial charge in [0.05, 0.1) is 0 Å². The second-order valence-corrected chi connectivity index (χ2v) is 9.06. The van der Waals surface area contributed by atoms with Gasteiger partial charge in [0.15, 0.2) is 5.69 Å². The molecule has 140 valence electrons. The predicted octanol–water partition coefficient (Wildman–Crippen LogP) is 4.02. The predicted molar refractivity (Wildman–Crippen MR) is 106 cm³/mol. The maximum Gasteiger partial charge on any atom is 0.273 e. The van der Waals surface area contributed by atoms with Crippen molar-refractivity contribution in [2.75, 3.05) is 13.1 Å². The minimum atomic E-state index is -0.119. The Morgan fingerprint density at radius 1 is 1.30 bits per heavy atom. The first kappa shape index (κ1) is 17.0. The second-order valence-electron chi connectivity index (χ2n) is 7.89. The highest BCUT2D eigenvalue weighted by molar-refractivity contribution is 7.19. The molecule has 3 heterocycles. The van der Waals surface area contributed by atoms with E-state index in [2.05, 4.69) is 52.6 Å². The Bertz CT molecular complexity index is 942. The van der Waals surface area contributed by atoms with Crippen LogP contribution in [0.1, 0.15) is 46.8 Å². The number of carbonyl (C=O) groups is 1. The molecule has 3 aromatic rings. The summed E-state index contributed by atoms with van der Waals surface area (Å²) in [6.07, 6.45) is 2.28. The Labute approximate surface area is 162 Å². The third-order valence-corrected chi connectivity index (χ3v) is 6.70. The molecule has 1 aliphatic carbocycles. The van der Waals surface area contributed by atoms with Crippen LogP contribution >= 0.6 is 11.3 Å². The lowest BCUT2D eigenvalue weighted by atomic mass is 10.1. The van der Waals surface area contributed by atoms with Crippen LogP contribution in [0.4, 0.5) is 0 Å². The molecule has 0 spiro atoms. The van der Waals surface area contributed by atoms with Crippen LogP contribution in [0.2, 0.25) is 0 Å². The van der Waals surface area contributed by atoms with Gasteiger partial charge in [-0.2, -0.15) is 0 Å². The van der Waals surface area contributed by atoms with Crippen molar-refractivity contribution in [3.63, 3.8) is 0 Å². The van der Waals surface area contributed by atoms with Crippen molar-refractivity contribution in [3.05, 3.63) is 52.7 Å². The molecule has 5 rings (SSSR count). The zero-order chi connectivity index (χ0) is 18.4. The zero-order valence-corrected chi connectivity index (χ0v) is 16.2. The van der Waals surface area contributed by atoms with Crippen LogP contribution in [0, 0.1) is 5.92 Å². The SMILES string of the molecule is C[C@H]1CN(Cc2cc3ccccc3s2)C[C@@H]1NC(=O)c1cc(C2CC2)on1. The van der Waals surface area contributed by atoms with Crippen molar-refractivity contribution in [1.29, 1.82) is 0 Å². The van der Waals surface area contributed by atoms with E-state index in [0.717, 1.165) is 38.2 Å². The van der Waals surface area contributed by atoms with Crippen LogP contribution in [0.3, 0.4) is 0 Å². The molecule has 5 nitrogen and oxygen atoms in total. The Kier molecular flexibility index (Phi) is 4.25. The molecule has 0 radical (unpaired) electrons. The van der Waals surface area contributed by atoms with Crippen LogP contribution in [-0.2, 0) is 6.54 Å². The Morgan fingerprint density at radius 3 is 2.96 bits per heavy atom. The molecule has 0 bridgehead atoms. The molecule has 27 heavy (non-hydrogen) atoms. The van der Waals surface area contributed by atoms with Gasteiger partial charge in [0.2, 0.25) is 0 Å². The lowest BCUT2D eigenvalue weighted by Crippen LogP contribution is -2.39. The number of hydrogen-bond donors (Lipinski definition) is 1. The molecule has 1 amide bonds. The van der Waals surface area contributed by atoms with Crippen molar-refractivity contribution in [3.8, 4) is 0 Å². The van der Waals surface area contributed by atoms with Gasteiger partial charge in [-0.15, -0.1) is 11.3 Å². The van der Waals surface area contributed by atoms with E-state index in [4.69, 9.17) is 4.52 Å². The minimum absolute atomic E-state index is 0.119. The average Bonchev–Trinajstić information content (AvgIpc) is 3.09. The first-order valence-electron chi connectivity index (χ1n) is 9.63. The molecule has 6 heteroatoms. The fourth-order valence-corrected chi connectivity index (χ4v) is 5.03. The minimum Gasteiger partial charge on any atom is -0.360 e. The summed E-state index contributed by atoms with van der Waals surface area (Å²) < 4.78 is 6.65. The summed E-state index contributed by atoms with van der Waals surface area (Å²) in [5, 5.41) is 8.43. The van der Waals surface area contributed by atoms with E-state index < -0.39 is 0 Å². The summed E-state index contributed by atoms with van der Waals surface area (Å²) in [6.45, 7) is 5.00. The number of carbonyl (C=O) groups excluding carboxylic acids is 1. The zero-order valence-electron chi connectivity index (χ0n) is 15.4. The average molecular weight is 382 g/mol. The molecule has 2 fully saturated rings. The fourth-order valence-electron chi connectivity index (χ4n) is 3.92. The summed E-state index contributed by atoms with van der Waals surface area (Å²) in [5.74, 6) is 1.62. The summed E-state index contributed by atoms with van der Waals surface area (Å²) in [6, 6.07) is 12.7. The third kappa shape index (κ3) is 3.51. The highest BCUT2D eigenvalue weighted by atomic mass is 32.1. The number of fused-ring (bicyclic) bond motifs is 1. The van der Waals surface area contributed by atoms with E-state index in [1.807, 2.05) is 17.4 Å². The first-order chi connectivity index (χ1) is 13.2. The number of rotatable bonds is 5. The van der Waals surface area contributed by atoms with Crippen LogP contribution in [0.15, 0.2) is 40.9 Å². The van der Waals surface area contributed by atoms with E-state index in [9.17, 15) is 4.79 Å². The summed E-state index contributed by atoms with van der Waals surface area (Å²) in [7, 11) is 0. The molecule has 0 unspecified atom stereocenters. The van der Waals surface area contributed by atoms with Gasteiger partial charge in [0.1, 0.15) is 5.76 Å². The molecule has 1 aromatic carbocycles. The van der Waals surface area contributed by atoms with Gasteiger partial charge in [-0.3, -0.25) is 9.69 Å². The maximum absolute atomic E-state index is 12.5. The van der Waals surface area contributed by atoms with Crippen LogP contribution < -0.4 is 5.32 Å². The standard InChI is InChI=1S/C21H23N3O2S/c1-13-10-24(11-16-8-15-4-2-3-5-20(15)27-16)12-18(13)22-21(25)17-9-19(26-23-17)14-6-7-14/h2-5,8-9,13-14,18H,6-7,10-12H2,1H3,(H,22,25)/t13-,18-/m0/s1. The molecular formula is C21H23N3O2S. The highest BCUT2D eigenvalue weighted by Crippen LogP contribution is 2.40. The Morgan fingerprint density at radius 2 is 2.15 bits per heavy atom. The topological polar surface area (TPSA) is 58.4 Å². The van der Waals surface area contributed by atoms with Crippen molar-refractivity contribution in [2.24, 2.45) is 5.92 Å². The van der Waals surface area contributed by atoms with Gasteiger partial charge in [-0.1, -0.05) is 30.3 Å². The number of nitrogens with one attached hydrogen (secondary N) is 1. The summed E-state index contributed by atoms with van der Waals surface area (Å²) in [4.78, 5) is 16.3. The quantitative estimate of drug-likeness (QED) is 0.725. The van der Waals surface area contributed by atoms with E-state index in [1.54, 1.807) is 0 Å². The van der Waals surface area contributed by atoms with Gasteiger partial charge >= 0.3 is 0 Å². The number of nitrogens with zero attached hydrogens (tertiary/aromatic N) is 2. The van der Waals surface area contributed by atoms with Crippen LogP contribution in [0.25, 0.3) is 10.1 Å². The van der Waals surface area contributed by atoms with Crippen molar-refractivity contribution < 1.29 is 9.32 Å². The molecule has 2 atom stereocenters. The molecule has 1 saturated heterocycles. The number of benzene rings is 1. The number of aromatic nitrogens is 1. The fraction of sp³-hybridized carbons (Fsp3) is 0.429. The summed E-state index contributed by atoms with van der Waals surface area (Å²) in [5.41, 5.74) is 0.409. The van der Waals surface area contributed by atoms with Gasteiger partial charge in [0.25, 0.3) is 5.91 Å². The third-order valence-electron chi connectivity index (χ3n) is 5.60. The monoisotopic (exact) mass is 381 g/mol. The lowest BCUT2D eigenvalue weighted by molar-refractivity contribution is 0.0922. The number of thiophene rings is 1. The van der Waals surface area contributed by atoms with Crippen molar-refractivity contribution in [1.82, 2.24) is 15.4 Å². The number of amides is 1. The van der Waals surface area contributed by atoms with Crippen LogP contribution in [-0.4, -0.2) is 35.1 Å². The molecule has 1 saturated carbocycles. The molecule has 2 aromatic heterocycles. The van der Waals surface area contributed by atoms with Gasteiger partial charge < -0.3 is 9.84 Å². The van der Waals surface area contributed by atoms with Crippen molar-refractivity contribution >= 4 is 27.3 Å². The van der Waals surface area contributed by atoms with Gasteiger partial charge in [-0.25, -0.2) is 0 Å². The van der Waals surface area contributed by atoms with Gasteiger partial charge in [0, 0.05) is 47.2 Å². The highest BCUT2D eigenvalue weighted by Gasteiger charge is 2.33. The Balaban J connectivity index is 1.21. The molecular weight excluding hydrogens is 358 g/mol. The first-order valence-corrected chi connectivity index (χ1v) is 10.4. The molecule has 2 aliphatic rings. The lowest BCUT2D eigenvalue weighted by Gasteiger charge is -2.16. The van der Waals surface area contributed by atoms with Crippen molar-refractivity contribution in [2.45, 2.75) is 38.3 Å². The largest absolute Gasteiger partial charge is 0.360 e. The number of hydrogen-bond acceptors (Lipinski definition) is 5. The van der Waals surface area contributed by atoms with E-state index in [-0.39, 0.29) is 11.9 Å². The van der Waals surface area contributed by atoms with E-state index in [1.165, 1.54) is 15.0 Å².